The van der Waals surface area contributed by atoms with Gasteiger partial charge in [0.05, 0.1) is 13.2 Å². The normalized spacial score (nSPS) is 11.4. The van der Waals surface area contributed by atoms with E-state index in [1.807, 2.05) is 19.1 Å². The first-order valence-electron chi connectivity index (χ1n) is 8.32. The fourth-order valence-electron chi connectivity index (χ4n) is 2.45. The molecule has 8 nitrogen and oxygen atoms in total. The molecule has 0 fully saturated rings. The number of rotatable bonds is 7. The van der Waals surface area contributed by atoms with Crippen LogP contribution in [-0.2, 0) is 26.6 Å². The quantitative estimate of drug-likeness (QED) is 0.723. The summed E-state index contributed by atoms with van der Waals surface area (Å²) in [5.41, 5.74) is 1.62. The Bertz CT molecular complexity index is 950. The topological polar surface area (TPSA) is 97.7 Å². The van der Waals surface area contributed by atoms with Crippen molar-refractivity contribution in [1.29, 1.82) is 0 Å². The molecule has 0 aliphatic heterocycles. The zero-order valence-corrected chi connectivity index (χ0v) is 16.5. The number of para-hydroxylation sites is 1. The van der Waals surface area contributed by atoms with Gasteiger partial charge in [-0.3, -0.25) is 4.79 Å². The van der Waals surface area contributed by atoms with E-state index in [9.17, 15) is 18.0 Å². The standard InChI is InChI=1S/C18H23N3O5S/c1-5-26-18(23)16-10-14(11-20(16)3)27(24,25)21(4)12-17(22)19-15-9-7-6-8-13(15)2/h6-11H,5,12H2,1-4H3,(H,19,22). The third kappa shape index (κ3) is 4.75. The Balaban J connectivity index is 2.14. The van der Waals surface area contributed by atoms with Crippen molar-refractivity contribution in [2.45, 2.75) is 18.7 Å². The molecular weight excluding hydrogens is 370 g/mol. The number of amides is 1. The lowest BCUT2D eigenvalue weighted by Gasteiger charge is -2.16. The van der Waals surface area contributed by atoms with Gasteiger partial charge in [-0.15, -0.1) is 0 Å². The Hall–Kier alpha value is -2.65. The molecule has 0 radical (unpaired) electrons. The van der Waals surface area contributed by atoms with Crippen molar-refractivity contribution in [3.63, 3.8) is 0 Å². The van der Waals surface area contributed by atoms with Crippen molar-refractivity contribution in [2.75, 3.05) is 25.5 Å². The zero-order valence-electron chi connectivity index (χ0n) is 15.7. The van der Waals surface area contributed by atoms with E-state index in [2.05, 4.69) is 5.32 Å². The lowest BCUT2D eigenvalue weighted by Crippen LogP contribution is -2.35. The van der Waals surface area contributed by atoms with Crippen molar-refractivity contribution in [3.8, 4) is 0 Å². The van der Waals surface area contributed by atoms with Crippen molar-refractivity contribution in [1.82, 2.24) is 8.87 Å². The summed E-state index contributed by atoms with van der Waals surface area (Å²) in [7, 11) is -1.08. The molecule has 1 amide bonds. The molecule has 1 N–H and O–H groups in total. The molecule has 146 valence electrons. The minimum atomic E-state index is -3.94. The third-order valence-corrected chi connectivity index (χ3v) is 5.73. The number of aryl methyl sites for hydroxylation is 2. The number of hydrogen-bond acceptors (Lipinski definition) is 5. The molecule has 0 spiro atoms. The van der Waals surface area contributed by atoms with Crippen LogP contribution in [0.2, 0.25) is 0 Å². The lowest BCUT2D eigenvalue weighted by molar-refractivity contribution is -0.116. The summed E-state index contributed by atoms with van der Waals surface area (Å²) >= 11 is 0. The fourth-order valence-corrected chi connectivity index (χ4v) is 3.65. The number of nitrogens with zero attached hydrogens (tertiary/aromatic N) is 2. The summed E-state index contributed by atoms with van der Waals surface area (Å²) in [5, 5.41) is 2.69. The van der Waals surface area contributed by atoms with Gasteiger partial charge in [0, 0.05) is 26.0 Å². The Morgan fingerprint density at radius 1 is 1.26 bits per heavy atom. The minimum absolute atomic E-state index is 0.0840. The number of aromatic nitrogens is 1. The second-order valence-electron chi connectivity index (χ2n) is 6.02. The molecule has 0 bridgehead atoms. The monoisotopic (exact) mass is 393 g/mol. The Morgan fingerprint density at radius 3 is 2.56 bits per heavy atom. The number of benzene rings is 1. The average Bonchev–Trinajstić information content (AvgIpc) is 2.99. The SMILES string of the molecule is CCOC(=O)c1cc(S(=O)(=O)N(C)CC(=O)Nc2ccccc2C)cn1C. The summed E-state index contributed by atoms with van der Waals surface area (Å²) in [5.74, 6) is -1.07. The number of hydrogen-bond donors (Lipinski definition) is 1. The van der Waals surface area contributed by atoms with Crippen molar-refractivity contribution in [2.24, 2.45) is 7.05 Å². The number of nitrogens with one attached hydrogen (secondary N) is 1. The Kier molecular flexibility index (Phi) is 6.40. The molecule has 0 atom stereocenters. The van der Waals surface area contributed by atoms with E-state index in [1.54, 1.807) is 26.1 Å². The number of ether oxygens (including phenoxy) is 1. The molecule has 0 saturated carbocycles. The number of carbonyl (C=O) groups excluding carboxylic acids is 2. The predicted octanol–water partition coefficient (Wildman–Crippen LogP) is 1.77. The highest BCUT2D eigenvalue weighted by molar-refractivity contribution is 7.89. The summed E-state index contributed by atoms with van der Waals surface area (Å²) in [4.78, 5) is 24.0. The molecule has 0 aliphatic rings. The first kappa shape index (κ1) is 20.7. The molecule has 1 aromatic heterocycles. The highest BCUT2D eigenvalue weighted by Crippen LogP contribution is 2.19. The van der Waals surface area contributed by atoms with E-state index < -0.39 is 21.9 Å². The maximum absolute atomic E-state index is 12.7. The summed E-state index contributed by atoms with van der Waals surface area (Å²) < 4.78 is 32.6. The molecule has 2 rings (SSSR count). The predicted molar refractivity (Wildman–Crippen MR) is 101 cm³/mol. The van der Waals surface area contributed by atoms with Crippen molar-refractivity contribution >= 4 is 27.6 Å². The number of carbonyl (C=O) groups is 2. The van der Waals surface area contributed by atoms with Crippen LogP contribution in [-0.4, -0.2) is 49.4 Å². The van der Waals surface area contributed by atoms with Gasteiger partial charge < -0.3 is 14.6 Å². The van der Waals surface area contributed by atoms with E-state index >= 15 is 0 Å². The van der Waals surface area contributed by atoms with Crippen molar-refractivity contribution in [3.05, 3.63) is 47.8 Å². The maximum atomic E-state index is 12.7. The molecule has 2 aromatic rings. The summed E-state index contributed by atoms with van der Waals surface area (Å²) in [6, 6.07) is 8.45. The third-order valence-electron chi connectivity index (χ3n) is 3.96. The van der Waals surface area contributed by atoms with Gasteiger partial charge in [0.25, 0.3) is 0 Å². The van der Waals surface area contributed by atoms with Gasteiger partial charge in [-0.1, -0.05) is 18.2 Å². The van der Waals surface area contributed by atoms with Gasteiger partial charge >= 0.3 is 5.97 Å². The van der Waals surface area contributed by atoms with Gasteiger partial charge in [-0.05, 0) is 31.5 Å². The van der Waals surface area contributed by atoms with Crippen LogP contribution in [0.4, 0.5) is 5.69 Å². The molecule has 0 unspecified atom stereocenters. The highest BCUT2D eigenvalue weighted by Gasteiger charge is 2.26. The van der Waals surface area contributed by atoms with E-state index in [1.165, 1.54) is 23.9 Å². The summed E-state index contributed by atoms with van der Waals surface area (Å²) in [6.07, 6.45) is 1.32. The zero-order chi connectivity index (χ0) is 20.2. The smallest absolute Gasteiger partial charge is 0.354 e. The summed E-state index contributed by atoms with van der Waals surface area (Å²) in [6.45, 7) is 3.33. The molecule has 1 heterocycles. The molecule has 9 heteroatoms. The first-order valence-corrected chi connectivity index (χ1v) is 9.76. The maximum Gasteiger partial charge on any atom is 0.354 e. The van der Waals surface area contributed by atoms with E-state index in [0.717, 1.165) is 9.87 Å². The highest BCUT2D eigenvalue weighted by atomic mass is 32.2. The van der Waals surface area contributed by atoms with Gasteiger partial charge in [0.2, 0.25) is 15.9 Å². The van der Waals surface area contributed by atoms with Crippen LogP contribution >= 0.6 is 0 Å². The second-order valence-corrected chi connectivity index (χ2v) is 8.06. The van der Waals surface area contributed by atoms with Gasteiger partial charge in [0.15, 0.2) is 0 Å². The Labute approximate surface area is 158 Å². The molecule has 27 heavy (non-hydrogen) atoms. The van der Waals surface area contributed by atoms with Crippen LogP contribution in [0.1, 0.15) is 23.0 Å². The van der Waals surface area contributed by atoms with Gasteiger partial charge in [-0.2, -0.15) is 4.31 Å². The largest absolute Gasteiger partial charge is 0.461 e. The average molecular weight is 393 g/mol. The van der Waals surface area contributed by atoms with Crippen LogP contribution in [0.25, 0.3) is 0 Å². The van der Waals surface area contributed by atoms with Crippen LogP contribution < -0.4 is 5.32 Å². The number of sulfonamides is 1. The second kappa shape index (κ2) is 8.36. The van der Waals surface area contributed by atoms with Crippen LogP contribution in [0.3, 0.4) is 0 Å². The van der Waals surface area contributed by atoms with E-state index in [4.69, 9.17) is 4.74 Å². The molecule has 1 aromatic carbocycles. The van der Waals surface area contributed by atoms with Crippen LogP contribution in [0.15, 0.2) is 41.4 Å². The number of likely N-dealkylation sites (N-methyl/N-ethyl adjacent to an activating group) is 1. The minimum Gasteiger partial charge on any atom is -0.461 e. The van der Waals surface area contributed by atoms with Gasteiger partial charge in [0.1, 0.15) is 10.6 Å². The number of esters is 1. The van der Waals surface area contributed by atoms with Crippen LogP contribution in [0, 0.1) is 6.92 Å². The first-order chi connectivity index (χ1) is 12.7. The fraction of sp³-hybridized carbons (Fsp3) is 0.333. The van der Waals surface area contributed by atoms with Crippen molar-refractivity contribution < 1.29 is 22.7 Å². The lowest BCUT2D eigenvalue weighted by atomic mass is 10.2. The molecular formula is C18H23N3O5S. The number of anilines is 1. The molecule has 0 saturated heterocycles. The Morgan fingerprint density at radius 2 is 1.93 bits per heavy atom. The van der Waals surface area contributed by atoms with E-state index in [0.29, 0.717) is 5.69 Å². The van der Waals surface area contributed by atoms with E-state index in [-0.39, 0.29) is 23.7 Å². The van der Waals surface area contributed by atoms with Gasteiger partial charge in [-0.25, -0.2) is 13.2 Å². The van der Waals surface area contributed by atoms with Crippen LogP contribution in [0.5, 0.6) is 0 Å². The molecule has 0 aliphatic carbocycles.